The normalized spacial score (nSPS) is 24.1. The van der Waals surface area contributed by atoms with Crippen molar-refractivity contribution in [3.05, 3.63) is 71.8 Å². The average Bonchev–Trinajstić information content (AvgIpc) is 2.63. The summed E-state index contributed by atoms with van der Waals surface area (Å²) in [7, 11) is 0. The molecule has 0 spiro atoms. The first-order valence-corrected chi connectivity index (χ1v) is 8.93. The van der Waals surface area contributed by atoms with Crippen molar-refractivity contribution in [1.29, 1.82) is 0 Å². The zero-order valence-corrected chi connectivity index (χ0v) is 13.7. The minimum atomic E-state index is -1.08. The lowest BCUT2D eigenvalue weighted by Crippen LogP contribution is -2.50. The van der Waals surface area contributed by atoms with Gasteiger partial charge in [0.1, 0.15) is 0 Å². The monoisotopic (exact) mass is 323 g/mol. The van der Waals surface area contributed by atoms with Gasteiger partial charge in [0.15, 0.2) is 17.9 Å². The van der Waals surface area contributed by atoms with Gasteiger partial charge in [0, 0.05) is 11.3 Å². The smallest absolute Gasteiger partial charge is 0.354 e. The van der Waals surface area contributed by atoms with Crippen molar-refractivity contribution in [2.24, 2.45) is 4.99 Å². The van der Waals surface area contributed by atoms with E-state index in [9.17, 15) is 5.11 Å². The Hall–Kier alpha value is -1.91. The third kappa shape index (κ3) is 2.52. The topological polar surface area (TPSA) is 35.6 Å². The van der Waals surface area contributed by atoms with Gasteiger partial charge >= 0.3 is 5.17 Å². The minimum absolute atomic E-state index is 0.375. The lowest BCUT2D eigenvalue weighted by Gasteiger charge is -2.32. The van der Waals surface area contributed by atoms with Crippen LogP contribution in [0.4, 0.5) is 0 Å². The van der Waals surface area contributed by atoms with Crippen LogP contribution in [-0.2, 0) is 5.60 Å². The molecule has 1 atom stereocenters. The van der Waals surface area contributed by atoms with Gasteiger partial charge in [0.05, 0.1) is 6.54 Å². The number of aliphatic hydroxyl groups is 1. The van der Waals surface area contributed by atoms with Crippen LogP contribution in [0.15, 0.2) is 65.7 Å². The SMILES string of the molecule is O[C@]1(c2ccccc2)CN=C2SCCC[N+]2=C1c1ccccc1. The lowest BCUT2D eigenvalue weighted by atomic mass is 9.84. The molecule has 2 heterocycles. The number of benzene rings is 2. The fourth-order valence-corrected chi connectivity index (χ4v) is 4.26. The third-order valence-electron chi connectivity index (χ3n) is 4.39. The highest BCUT2D eigenvalue weighted by Crippen LogP contribution is 2.32. The molecule has 116 valence electrons. The predicted octanol–water partition coefficient (Wildman–Crippen LogP) is 2.88. The van der Waals surface area contributed by atoms with Crippen molar-refractivity contribution in [3.63, 3.8) is 0 Å². The maximum Gasteiger partial charge on any atom is 0.354 e. The summed E-state index contributed by atoms with van der Waals surface area (Å²) in [5, 5.41) is 12.6. The molecule has 4 rings (SSSR count). The molecule has 23 heavy (non-hydrogen) atoms. The second kappa shape index (κ2) is 5.95. The summed E-state index contributed by atoms with van der Waals surface area (Å²) in [4.78, 5) is 4.69. The lowest BCUT2D eigenvalue weighted by molar-refractivity contribution is -0.413. The fraction of sp³-hybridized carbons (Fsp3) is 0.263. The molecule has 0 unspecified atom stereocenters. The van der Waals surface area contributed by atoms with Gasteiger partial charge in [-0.2, -0.15) is 0 Å². The molecule has 1 saturated heterocycles. The van der Waals surface area contributed by atoms with Crippen LogP contribution < -0.4 is 0 Å². The maximum atomic E-state index is 11.6. The van der Waals surface area contributed by atoms with E-state index < -0.39 is 5.60 Å². The Morgan fingerprint density at radius 2 is 1.70 bits per heavy atom. The Morgan fingerprint density at radius 1 is 1.00 bits per heavy atom. The van der Waals surface area contributed by atoms with Crippen molar-refractivity contribution in [3.8, 4) is 0 Å². The number of rotatable bonds is 2. The molecule has 2 aliphatic heterocycles. The molecule has 2 aromatic carbocycles. The van der Waals surface area contributed by atoms with E-state index in [1.807, 2.05) is 48.5 Å². The molecule has 0 amide bonds. The number of aliphatic imine (C=N–C) groups is 1. The second-order valence-corrected chi connectivity index (χ2v) is 6.96. The molecule has 0 saturated carbocycles. The van der Waals surface area contributed by atoms with Crippen LogP contribution in [0.3, 0.4) is 0 Å². The second-order valence-electron chi connectivity index (χ2n) is 5.89. The van der Waals surface area contributed by atoms with Gasteiger partial charge in [-0.25, -0.2) is 4.58 Å². The molecule has 1 N–H and O–H groups in total. The number of hydrogen-bond acceptors (Lipinski definition) is 3. The van der Waals surface area contributed by atoms with Crippen molar-refractivity contribution in [2.45, 2.75) is 12.0 Å². The first kappa shape index (κ1) is 14.7. The van der Waals surface area contributed by atoms with Gasteiger partial charge in [-0.3, -0.25) is 0 Å². The van der Waals surface area contributed by atoms with Crippen LogP contribution in [0.5, 0.6) is 0 Å². The molecular formula is C19H19N2OS+. The van der Waals surface area contributed by atoms with Gasteiger partial charge < -0.3 is 5.11 Å². The molecule has 0 aromatic heterocycles. The van der Waals surface area contributed by atoms with Gasteiger partial charge in [0.2, 0.25) is 0 Å². The molecule has 0 bridgehead atoms. The molecular weight excluding hydrogens is 304 g/mol. The van der Waals surface area contributed by atoms with Gasteiger partial charge in [-0.05, 0) is 23.7 Å². The van der Waals surface area contributed by atoms with Crippen molar-refractivity contribution >= 4 is 22.6 Å². The minimum Gasteiger partial charge on any atom is -0.373 e. The third-order valence-corrected chi connectivity index (χ3v) is 5.49. The van der Waals surface area contributed by atoms with Crippen molar-refractivity contribution in [2.75, 3.05) is 18.8 Å². The zero-order valence-electron chi connectivity index (χ0n) is 12.9. The summed E-state index contributed by atoms with van der Waals surface area (Å²) in [6.45, 7) is 1.28. The molecule has 2 aliphatic rings. The Morgan fingerprint density at radius 3 is 2.43 bits per heavy atom. The van der Waals surface area contributed by atoms with Gasteiger partial charge in [-0.1, -0.05) is 65.7 Å². The summed E-state index contributed by atoms with van der Waals surface area (Å²) in [5.74, 6) is 1.10. The van der Waals surface area contributed by atoms with Crippen LogP contribution in [0.25, 0.3) is 0 Å². The van der Waals surface area contributed by atoms with Gasteiger partial charge in [0.25, 0.3) is 0 Å². The van der Waals surface area contributed by atoms with E-state index in [-0.39, 0.29) is 0 Å². The van der Waals surface area contributed by atoms with E-state index in [1.165, 1.54) is 0 Å². The number of nitrogens with zero attached hydrogens (tertiary/aromatic N) is 2. The number of fused-ring (bicyclic) bond motifs is 1. The fourth-order valence-electron chi connectivity index (χ4n) is 3.31. The summed E-state index contributed by atoms with van der Waals surface area (Å²) < 4.78 is 2.21. The zero-order chi connectivity index (χ0) is 15.7. The van der Waals surface area contributed by atoms with E-state index >= 15 is 0 Å². The number of hydrogen-bond donors (Lipinski definition) is 1. The number of thioether (sulfide) groups is 1. The summed E-state index contributed by atoms with van der Waals surface area (Å²) in [6, 6.07) is 20.1. The van der Waals surface area contributed by atoms with E-state index in [0.29, 0.717) is 6.54 Å². The molecule has 0 aliphatic carbocycles. The quantitative estimate of drug-likeness (QED) is 0.863. The highest BCUT2D eigenvalue weighted by Gasteiger charge is 2.47. The standard InChI is InChI=1S/C19H19N2OS/c22-19(16-10-5-2-6-11-16)14-20-18-21(12-7-13-23-18)17(19)15-8-3-1-4-9-15/h1-6,8-11,22H,7,12-14H2/q+1/t19-/m0/s1. The predicted molar refractivity (Wildman–Crippen MR) is 95.4 cm³/mol. The maximum absolute atomic E-state index is 11.6. The molecule has 2 aromatic rings. The highest BCUT2D eigenvalue weighted by molar-refractivity contribution is 8.13. The molecule has 4 heteroatoms. The molecule has 3 nitrogen and oxygen atoms in total. The Balaban J connectivity index is 1.94. The van der Waals surface area contributed by atoms with E-state index in [2.05, 4.69) is 16.7 Å². The van der Waals surface area contributed by atoms with Crippen LogP contribution in [0.2, 0.25) is 0 Å². The van der Waals surface area contributed by atoms with Crippen LogP contribution in [-0.4, -0.2) is 39.4 Å². The number of amidine groups is 1. The van der Waals surface area contributed by atoms with E-state index in [1.54, 1.807) is 11.8 Å². The van der Waals surface area contributed by atoms with Crippen molar-refractivity contribution < 1.29 is 9.68 Å². The largest absolute Gasteiger partial charge is 0.373 e. The first-order valence-electron chi connectivity index (χ1n) is 7.94. The summed E-state index contributed by atoms with van der Waals surface area (Å²) in [5.41, 5.74) is 1.84. The molecule has 0 radical (unpaired) electrons. The Kier molecular flexibility index (Phi) is 3.79. The average molecular weight is 323 g/mol. The first-order chi connectivity index (χ1) is 11.3. The van der Waals surface area contributed by atoms with E-state index in [0.717, 1.165) is 40.7 Å². The van der Waals surface area contributed by atoms with Crippen LogP contribution in [0.1, 0.15) is 17.5 Å². The van der Waals surface area contributed by atoms with Crippen LogP contribution >= 0.6 is 11.8 Å². The van der Waals surface area contributed by atoms with Crippen LogP contribution in [0, 0.1) is 0 Å². The summed E-state index contributed by atoms with van der Waals surface area (Å²) in [6.07, 6.45) is 1.10. The van der Waals surface area contributed by atoms with Gasteiger partial charge in [-0.15, -0.1) is 0 Å². The Labute approximate surface area is 140 Å². The van der Waals surface area contributed by atoms with E-state index in [4.69, 9.17) is 4.99 Å². The molecule has 1 fully saturated rings. The Bertz CT molecular complexity index is 770. The summed E-state index contributed by atoms with van der Waals surface area (Å²) >= 11 is 1.79. The van der Waals surface area contributed by atoms with Crippen molar-refractivity contribution in [1.82, 2.24) is 0 Å². The highest BCUT2D eigenvalue weighted by atomic mass is 32.2.